The van der Waals surface area contributed by atoms with Crippen LogP contribution in [0.5, 0.6) is 0 Å². The molecule has 6 heteroatoms. The van der Waals surface area contributed by atoms with Crippen molar-refractivity contribution >= 4 is 18.2 Å². The number of ether oxygens (including phenoxy) is 2. The van der Waals surface area contributed by atoms with Crippen molar-refractivity contribution in [2.24, 2.45) is 0 Å². The number of hydrogen-bond donors (Lipinski definition) is 1. The summed E-state index contributed by atoms with van der Waals surface area (Å²) in [6.07, 6.45) is 0.639. The quantitative estimate of drug-likeness (QED) is 0.494. The molecule has 1 heterocycles. The summed E-state index contributed by atoms with van der Waals surface area (Å²) >= 11 is 5.08. The van der Waals surface area contributed by atoms with Gasteiger partial charge in [0.2, 0.25) is 0 Å². The number of nitrogens with one attached hydrogen (secondary N) is 1. The molecule has 0 radical (unpaired) electrons. The van der Waals surface area contributed by atoms with Crippen LogP contribution in [0.2, 0.25) is 0 Å². The van der Waals surface area contributed by atoms with E-state index >= 15 is 0 Å². The molecule has 1 aromatic rings. The smallest absolute Gasteiger partial charge is 0.342 e. The van der Waals surface area contributed by atoms with Crippen molar-refractivity contribution in [3.05, 3.63) is 21.7 Å². The SMILES string of the molecule is CCOCCc1nc(=S)c(C(=O)OC)c(C)[nH]1. The van der Waals surface area contributed by atoms with Crippen LogP contribution in [0.25, 0.3) is 0 Å². The van der Waals surface area contributed by atoms with E-state index in [1.165, 1.54) is 7.11 Å². The number of carbonyl (C=O) groups is 1. The van der Waals surface area contributed by atoms with Gasteiger partial charge in [-0.3, -0.25) is 0 Å². The van der Waals surface area contributed by atoms with Crippen LogP contribution in [0.1, 0.15) is 28.8 Å². The van der Waals surface area contributed by atoms with E-state index in [-0.39, 0.29) is 4.64 Å². The number of nitrogens with zero attached hydrogens (tertiary/aromatic N) is 1. The number of rotatable bonds is 5. The lowest BCUT2D eigenvalue weighted by Gasteiger charge is -2.07. The first kappa shape index (κ1) is 13.8. The summed E-state index contributed by atoms with van der Waals surface area (Å²) < 4.78 is 10.1. The molecular weight excluding hydrogens is 240 g/mol. The van der Waals surface area contributed by atoms with E-state index in [0.717, 1.165) is 0 Å². The highest BCUT2D eigenvalue weighted by Gasteiger charge is 2.13. The average Bonchev–Trinajstić information content (AvgIpc) is 2.28. The first-order valence-corrected chi connectivity index (χ1v) is 5.76. The molecule has 1 aromatic heterocycles. The molecule has 1 N–H and O–H groups in total. The summed E-state index contributed by atoms with van der Waals surface area (Å²) in [5.74, 6) is 0.251. The lowest BCUT2D eigenvalue weighted by atomic mass is 10.2. The number of esters is 1. The third kappa shape index (κ3) is 3.61. The van der Waals surface area contributed by atoms with Crippen molar-refractivity contribution < 1.29 is 14.3 Å². The Hall–Kier alpha value is -1.27. The molecule has 0 aliphatic heterocycles. The number of H-pyrrole nitrogens is 1. The Bertz CT molecular complexity index is 457. The van der Waals surface area contributed by atoms with Gasteiger partial charge in [0.15, 0.2) is 0 Å². The summed E-state index contributed by atoms with van der Waals surface area (Å²) in [6, 6.07) is 0. The summed E-state index contributed by atoms with van der Waals surface area (Å²) in [7, 11) is 1.32. The minimum Gasteiger partial charge on any atom is -0.465 e. The number of carbonyl (C=O) groups excluding carboxylic acids is 1. The van der Waals surface area contributed by atoms with E-state index in [1.54, 1.807) is 6.92 Å². The normalized spacial score (nSPS) is 10.3. The Labute approximate surface area is 105 Å². The van der Waals surface area contributed by atoms with Crippen LogP contribution in [-0.4, -0.2) is 36.3 Å². The summed E-state index contributed by atoms with van der Waals surface area (Å²) in [6.45, 7) is 4.95. The second kappa shape index (κ2) is 6.46. The highest BCUT2D eigenvalue weighted by molar-refractivity contribution is 7.71. The third-order valence-corrected chi connectivity index (χ3v) is 2.53. The lowest BCUT2D eigenvalue weighted by Crippen LogP contribution is -2.11. The standard InChI is InChI=1S/C11H16N2O3S/c1-4-16-6-5-8-12-7(2)9(10(17)13-8)11(14)15-3/h4-6H2,1-3H3,(H,12,13,17). The molecule has 0 bridgehead atoms. The van der Waals surface area contributed by atoms with Gasteiger partial charge in [0.25, 0.3) is 0 Å². The predicted molar refractivity (Wildman–Crippen MR) is 65.7 cm³/mol. The van der Waals surface area contributed by atoms with Crippen LogP contribution in [0.15, 0.2) is 0 Å². The van der Waals surface area contributed by atoms with E-state index in [2.05, 4.69) is 14.7 Å². The van der Waals surface area contributed by atoms with Gasteiger partial charge in [-0.25, -0.2) is 9.78 Å². The van der Waals surface area contributed by atoms with Gasteiger partial charge >= 0.3 is 5.97 Å². The van der Waals surface area contributed by atoms with Gasteiger partial charge in [-0.15, -0.1) is 0 Å². The number of aromatic amines is 1. The molecule has 17 heavy (non-hydrogen) atoms. The van der Waals surface area contributed by atoms with Crippen LogP contribution in [0, 0.1) is 11.6 Å². The van der Waals surface area contributed by atoms with Gasteiger partial charge in [0, 0.05) is 18.7 Å². The Kier molecular flexibility index (Phi) is 5.24. The van der Waals surface area contributed by atoms with E-state index in [1.807, 2.05) is 6.92 Å². The zero-order chi connectivity index (χ0) is 12.8. The molecule has 0 spiro atoms. The second-order valence-electron chi connectivity index (χ2n) is 3.43. The topological polar surface area (TPSA) is 64.2 Å². The molecule has 0 fully saturated rings. The van der Waals surface area contributed by atoms with Crippen molar-refractivity contribution in [2.75, 3.05) is 20.3 Å². The van der Waals surface area contributed by atoms with Gasteiger partial charge in [-0.1, -0.05) is 12.2 Å². The van der Waals surface area contributed by atoms with Crippen LogP contribution in [0.3, 0.4) is 0 Å². The molecule has 5 nitrogen and oxygen atoms in total. The molecule has 1 rings (SSSR count). The number of aryl methyl sites for hydroxylation is 1. The summed E-state index contributed by atoms with van der Waals surface area (Å²) in [4.78, 5) is 18.6. The largest absolute Gasteiger partial charge is 0.465 e. The van der Waals surface area contributed by atoms with Gasteiger partial charge in [0.05, 0.1) is 13.7 Å². The molecule has 94 valence electrons. The number of aromatic nitrogens is 2. The predicted octanol–water partition coefficient (Wildman–Crippen LogP) is 1.81. The monoisotopic (exact) mass is 256 g/mol. The van der Waals surface area contributed by atoms with Gasteiger partial charge in [-0.05, 0) is 13.8 Å². The van der Waals surface area contributed by atoms with Gasteiger partial charge in [-0.2, -0.15) is 0 Å². The fourth-order valence-electron chi connectivity index (χ4n) is 1.42. The summed E-state index contributed by atoms with van der Waals surface area (Å²) in [5, 5.41) is 0. The van der Waals surface area contributed by atoms with Crippen molar-refractivity contribution in [3.8, 4) is 0 Å². The highest BCUT2D eigenvalue weighted by atomic mass is 32.1. The van der Waals surface area contributed by atoms with Crippen LogP contribution in [-0.2, 0) is 15.9 Å². The van der Waals surface area contributed by atoms with Crippen molar-refractivity contribution in [3.63, 3.8) is 0 Å². The van der Waals surface area contributed by atoms with E-state index in [9.17, 15) is 4.79 Å². The molecule has 0 amide bonds. The van der Waals surface area contributed by atoms with Crippen LogP contribution >= 0.6 is 12.2 Å². The average molecular weight is 256 g/mol. The highest BCUT2D eigenvalue weighted by Crippen LogP contribution is 2.09. The maximum absolute atomic E-state index is 11.5. The molecule has 0 saturated heterocycles. The number of hydrogen-bond acceptors (Lipinski definition) is 5. The zero-order valence-electron chi connectivity index (χ0n) is 10.2. The van der Waals surface area contributed by atoms with E-state index in [4.69, 9.17) is 17.0 Å². The van der Waals surface area contributed by atoms with Crippen molar-refractivity contribution in [1.82, 2.24) is 9.97 Å². The Morgan fingerprint density at radius 1 is 1.53 bits per heavy atom. The van der Waals surface area contributed by atoms with E-state index < -0.39 is 5.97 Å². The Balaban J connectivity index is 2.94. The number of methoxy groups -OCH3 is 1. The maximum atomic E-state index is 11.5. The van der Waals surface area contributed by atoms with Crippen molar-refractivity contribution in [1.29, 1.82) is 0 Å². The third-order valence-electron chi connectivity index (χ3n) is 2.23. The molecule has 0 unspecified atom stereocenters. The first-order valence-electron chi connectivity index (χ1n) is 5.36. The minimum absolute atomic E-state index is 0.264. The Morgan fingerprint density at radius 2 is 2.24 bits per heavy atom. The van der Waals surface area contributed by atoms with Crippen LogP contribution < -0.4 is 0 Å². The maximum Gasteiger partial charge on any atom is 0.342 e. The fraction of sp³-hybridized carbons (Fsp3) is 0.545. The molecule has 0 atom stereocenters. The van der Waals surface area contributed by atoms with Gasteiger partial charge in [0.1, 0.15) is 16.0 Å². The molecule has 0 aliphatic rings. The lowest BCUT2D eigenvalue weighted by molar-refractivity contribution is 0.0598. The Morgan fingerprint density at radius 3 is 2.76 bits per heavy atom. The second-order valence-corrected chi connectivity index (χ2v) is 3.81. The molecule has 0 aromatic carbocycles. The van der Waals surface area contributed by atoms with Crippen LogP contribution in [0.4, 0.5) is 0 Å². The summed E-state index contributed by atoms with van der Waals surface area (Å²) in [5.41, 5.74) is 0.992. The molecule has 0 aliphatic carbocycles. The minimum atomic E-state index is -0.465. The molecular formula is C11H16N2O3S. The van der Waals surface area contributed by atoms with Gasteiger partial charge < -0.3 is 14.5 Å². The van der Waals surface area contributed by atoms with E-state index in [0.29, 0.717) is 36.7 Å². The molecule has 0 saturated carbocycles. The fourth-order valence-corrected chi connectivity index (χ4v) is 1.77. The first-order chi connectivity index (χ1) is 8.10. The zero-order valence-corrected chi connectivity index (χ0v) is 11.0. The van der Waals surface area contributed by atoms with Crippen molar-refractivity contribution in [2.45, 2.75) is 20.3 Å².